The molecule has 4 rings (SSSR count). The van der Waals surface area contributed by atoms with E-state index >= 15 is 0 Å². The van der Waals surface area contributed by atoms with Gasteiger partial charge in [0, 0.05) is 0 Å². The van der Waals surface area contributed by atoms with Crippen molar-refractivity contribution in [3.05, 3.63) is 128 Å². The van der Waals surface area contributed by atoms with Gasteiger partial charge >= 0.3 is 5.69 Å². The molecule has 3 aromatic carbocycles. The maximum atomic E-state index is 13.3. The summed E-state index contributed by atoms with van der Waals surface area (Å²) in [6.07, 6.45) is 0. The minimum atomic E-state index is -0.825. The van der Waals surface area contributed by atoms with Gasteiger partial charge in [0.1, 0.15) is 5.82 Å². The third-order valence-electron chi connectivity index (χ3n) is 5.18. The van der Waals surface area contributed by atoms with E-state index in [-0.39, 0.29) is 12.6 Å². The Balaban J connectivity index is 1.79. The highest BCUT2D eigenvalue weighted by molar-refractivity contribution is 5.92. The van der Waals surface area contributed by atoms with E-state index < -0.39 is 28.7 Å². The number of hydrogen-bond acceptors (Lipinski definition) is 4. The molecule has 4 aromatic rings. The number of hydrogen-bond donors (Lipinski definition) is 1. The van der Waals surface area contributed by atoms with Crippen molar-refractivity contribution in [3.8, 4) is 5.69 Å². The molecule has 0 fully saturated rings. The van der Waals surface area contributed by atoms with E-state index in [0.717, 1.165) is 14.8 Å². The summed E-state index contributed by atoms with van der Waals surface area (Å²) in [5.74, 6) is -1.13. The molecule has 0 saturated carbocycles. The number of para-hydroxylation sites is 1. The van der Waals surface area contributed by atoms with Crippen molar-refractivity contribution in [2.75, 3.05) is 0 Å². The van der Waals surface area contributed by atoms with Crippen molar-refractivity contribution in [1.82, 2.24) is 19.7 Å². The monoisotopic (exact) mass is 444 g/mol. The summed E-state index contributed by atoms with van der Waals surface area (Å²) < 4.78 is 15.3. The summed E-state index contributed by atoms with van der Waals surface area (Å²) in [4.78, 5) is 39.3. The number of carbonyl (C=O) groups excluding carboxylic acids is 1. The molecule has 0 aliphatic carbocycles. The Labute approximate surface area is 188 Å². The molecule has 8 heteroatoms. The molecule has 166 valence electrons. The lowest BCUT2D eigenvalue weighted by Crippen LogP contribution is -2.46. The summed E-state index contributed by atoms with van der Waals surface area (Å²) in [7, 11) is 0. The van der Waals surface area contributed by atoms with E-state index in [4.69, 9.17) is 0 Å². The second-order valence-electron chi connectivity index (χ2n) is 7.50. The highest BCUT2D eigenvalue weighted by Gasteiger charge is 2.22. The molecular weight excluding hydrogens is 423 g/mol. The molecule has 1 amide bonds. The minimum Gasteiger partial charge on any atom is -0.344 e. The first-order valence-corrected chi connectivity index (χ1v) is 10.3. The molecule has 1 N–H and O–H groups in total. The topological polar surface area (TPSA) is 86.0 Å². The quantitative estimate of drug-likeness (QED) is 0.495. The van der Waals surface area contributed by atoms with Crippen LogP contribution < -0.4 is 16.6 Å². The number of carbonyl (C=O) groups is 1. The van der Waals surface area contributed by atoms with Gasteiger partial charge in [0.05, 0.1) is 18.3 Å². The Hall–Kier alpha value is -4.33. The summed E-state index contributed by atoms with van der Waals surface area (Å²) in [5, 5.41) is 6.87. The molecule has 33 heavy (non-hydrogen) atoms. The molecule has 0 radical (unpaired) electrons. The highest BCUT2D eigenvalue weighted by Crippen LogP contribution is 2.12. The smallest absolute Gasteiger partial charge is 0.344 e. The van der Waals surface area contributed by atoms with Crippen LogP contribution >= 0.6 is 0 Å². The Morgan fingerprint density at radius 1 is 0.939 bits per heavy atom. The molecule has 0 bridgehead atoms. The van der Waals surface area contributed by atoms with Crippen LogP contribution in [0.15, 0.2) is 94.5 Å². The van der Waals surface area contributed by atoms with Crippen LogP contribution in [0.3, 0.4) is 0 Å². The molecule has 1 unspecified atom stereocenters. The molecule has 1 aromatic heterocycles. The molecule has 7 nitrogen and oxygen atoms in total. The largest absolute Gasteiger partial charge is 0.352 e. The van der Waals surface area contributed by atoms with Crippen molar-refractivity contribution in [1.29, 1.82) is 0 Å². The lowest BCUT2D eigenvalue weighted by molar-refractivity contribution is 0.0930. The molecule has 1 atom stereocenters. The molecule has 0 saturated heterocycles. The summed E-state index contributed by atoms with van der Waals surface area (Å²) in [6.45, 7) is 1.65. The fraction of sp³-hybridized carbons (Fsp3) is 0.120. The van der Waals surface area contributed by atoms with Crippen LogP contribution in [0.4, 0.5) is 4.39 Å². The highest BCUT2D eigenvalue weighted by atomic mass is 19.1. The SMILES string of the molecule is CC(NC(=O)c1nn(-c2ccccc2)c(=O)n(Cc2ccc(F)cc2)c1=O)c1ccccc1. The zero-order valence-corrected chi connectivity index (χ0v) is 17.8. The number of aromatic nitrogens is 3. The van der Waals surface area contributed by atoms with Crippen molar-refractivity contribution in [2.24, 2.45) is 0 Å². The Morgan fingerprint density at radius 3 is 2.18 bits per heavy atom. The van der Waals surface area contributed by atoms with Gasteiger partial charge in [0.25, 0.3) is 11.5 Å². The van der Waals surface area contributed by atoms with E-state index in [1.165, 1.54) is 24.3 Å². The van der Waals surface area contributed by atoms with Gasteiger partial charge in [0.15, 0.2) is 0 Å². The number of amides is 1. The molecule has 0 aliphatic heterocycles. The van der Waals surface area contributed by atoms with Crippen LogP contribution in [0.2, 0.25) is 0 Å². The molecular formula is C25H21FN4O3. The third-order valence-corrected chi connectivity index (χ3v) is 5.18. The van der Waals surface area contributed by atoms with E-state index in [9.17, 15) is 18.8 Å². The second kappa shape index (κ2) is 9.44. The lowest BCUT2D eigenvalue weighted by atomic mass is 10.1. The molecule has 1 heterocycles. The standard InChI is InChI=1S/C25H21FN4O3/c1-17(19-8-4-2-5-9-19)27-23(31)22-24(32)29(16-18-12-14-20(26)15-13-18)25(33)30(28-22)21-10-6-3-7-11-21/h2-15,17H,16H2,1H3,(H,27,31). The number of benzene rings is 3. The second-order valence-corrected chi connectivity index (χ2v) is 7.50. The maximum Gasteiger partial charge on any atom is 0.352 e. The third kappa shape index (κ3) is 4.79. The van der Waals surface area contributed by atoms with E-state index in [1.54, 1.807) is 37.3 Å². The van der Waals surface area contributed by atoms with Gasteiger partial charge in [-0.15, -0.1) is 0 Å². The average molecular weight is 444 g/mol. The fourth-order valence-electron chi connectivity index (χ4n) is 3.40. The van der Waals surface area contributed by atoms with Crippen molar-refractivity contribution in [2.45, 2.75) is 19.5 Å². The van der Waals surface area contributed by atoms with Gasteiger partial charge in [-0.3, -0.25) is 14.2 Å². The maximum absolute atomic E-state index is 13.3. The zero-order chi connectivity index (χ0) is 23.4. The van der Waals surface area contributed by atoms with Crippen LogP contribution in [0.5, 0.6) is 0 Å². The number of rotatable bonds is 6. The first-order valence-electron chi connectivity index (χ1n) is 10.3. The Bertz CT molecular complexity index is 1380. The van der Waals surface area contributed by atoms with E-state index in [0.29, 0.717) is 11.3 Å². The van der Waals surface area contributed by atoms with Gasteiger partial charge in [0.2, 0.25) is 5.69 Å². The Morgan fingerprint density at radius 2 is 1.55 bits per heavy atom. The van der Waals surface area contributed by atoms with Crippen LogP contribution in [-0.4, -0.2) is 20.3 Å². The first kappa shape index (κ1) is 21.9. The zero-order valence-electron chi connectivity index (χ0n) is 17.8. The van der Waals surface area contributed by atoms with Crippen LogP contribution in [0, 0.1) is 5.82 Å². The summed E-state index contributed by atoms with van der Waals surface area (Å²) in [6, 6.07) is 22.8. The fourth-order valence-corrected chi connectivity index (χ4v) is 3.40. The normalized spacial score (nSPS) is 11.7. The van der Waals surface area contributed by atoms with Crippen LogP contribution in [0.25, 0.3) is 5.69 Å². The van der Waals surface area contributed by atoms with Crippen molar-refractivity contribution in [3.63, 3.8) is 0 Å². The molecule has 0 aliphatic rings. The predicted octanol–water partition coefficient (Wildman–Crippen LogP) is 3.07. The average Bonchev–Trinajstić information content (AvgIpc) is 2.84. The van der Waals surface area contributed by atoms with Crippen LogP contribution in [0.1, 0.15) is 34.6 Å². The van der Waals surface area contributed by atoms with Gasteiger partial charge in [-0.2, -0.15) is 9.78 Å². The summed E-state index contributed by atoms with van der Waals surface area (Å²) >= 11 is 0. The van der Waals surface area contributed by atoms with E-state index in [2.05, 4.69) is 10.4 Å². The van der Waals surface area contributed by atoms with Gasteiger partial charge in [-0.1, -0.05) is 60.7 Å². The predicted molar refractivity (Wildman–Crippen MR) is 122 cm³/mol. The number of nitrogens with zero attached hydrogens (tertiary/aromatic N) is 3. The minimum absolute atomic E-state index is 0.137. The van der Waals surface area contributed by atoms with E-state index in [1.807, 2.05) is 30.3 Å². The van der Waals surface area contributed by atoms with Gasteiger partial charge in [-0.05, 0) is 42.3 Å². The van der Waals surface area contributed by atoms with Crippen molar-refractivity contribution < 1.29 is 9.18 Å². The number of nitrogens with one attached hydrogen (secondary N) is 1. The first-order chi connectivity index (χ1) is 15.9. The Kier molecular flexibility index (Phi) is 6.26. The van der Waals surface area contributed by atoms with Crippen molar-refractivity contribution >= 4 is 5.91 Å². The van der Waals surface area contributed by atoms with Crippen LogP contribution in [-0.2, 0) is 6.54 Å². The van der Waals surface area contributed by atoms with Gasteiger partial charge in [-0.25, -0.2) is 9.18 Å². The van der Waals surface area contributed by atoms with Gasteiger partial charge < -0.3 is 5.32 Å². The number of halogens is 1. The summed E-state index contributed by atoms with van der Waals surface area (Å²) in [5.41, 5.74) is -0.152. The molecule has 0 spiro atoms. The lowest BCUT2D eigenvalue weighted by Gasteiger charge is -2.15.